The molecule has 31 heavy (non-hydrogen) atoms. The van der Waals surface area contributed by atoms with Crippen LogP contribution in [0.1, 0.15) is 71.7 Å². The number of hydrogen-bond acceptors (Lipinski definition) is 6. The van der Waals surface area contributed by atoms with Crippen LogP contribution in [0.2, 0.25) is 0 Å². The largest absolute Gasteiger partial charge is 0.486 e. The van der Waals surface area contributed by atoms with Crippen LogP contribution < -0.4 is 15.9 Å². The highest BCUT2D eigenvalue weighted by atomic mass is 32.2. The Kier molecular flexibility index (Phi) is 7.51. The fourth-order valence-electron chi connectivity index (χ4n) is 3.73. The summed E-state index contributed by atoms with van der Waals surface area (Å²) in [5.74, 6) is 7.96. The molecular formula is C23H35N5O2S. The molecule has 0 saturated heterocycles. The van der Waals surface area contributed by atoms with Crippen LogP contribution in [0.4, 0.5) is 0 Å². The van der Waals surface area contributed by atoms with E-state index < -0.39 is 0 Å². The van der Waals surface area contributed by atoms with Crippen molar-refractivity contribution >= 4 is 17.7 Å². The van der Waals surface area contributed by atoms with Crippen molar-refractivity contribution in [3.8, 4) is 5.75 Å². The SMILES string of the molecule is CC(Sc1nnc(COc2ccc(C(C)(C)C)cc2)n1N)C(=O)NC1CCCCC1C. The Morgan fingerprint density at radius 2 is 1.94 bits per heavy atom. The van der Waals surface area contributed by atoms with Crippen LogP contribution in [0.25, 0.3) is 0 Å². The van der Waals surface area contributed by atoms with Crippen LogP contribution in [0.5, 0.6) is 5.75 Å². The molecule has 3 N–H and O–H groups in total. The number of nitrogens with zero attached hydrogens (tertiary/aromatic N) is 3. The van der Waals surface area contributed by atoms with Gasteiger partial charge in [-0.3, -0.25) is 4.79 Å². The van der Waals surface area contributed by atoms with Gasteiger partial charge in [0.25, 0.3) is 0 Å². The smallest absolute Gasteiger partial charge is 0.233 e. The molecule has 1 fully saturated rings. The third-order valence-corrected chi connectivity index (χ3v) is 6.97. The fourth-order valence-corrected chi connectivity index (χ4v) is 4.53. The molecule has 3 unspecified atom stereocenters. The Morgan fingerprint density at radius 1 is 1.26 bits per heavy atom. The molecule has 1 aliphatic carbocycles. The minimum atomic E-state index is -0.306. The van der Waals surface area contributed by atoms with Crippen LogP contribution in [-0.4, -0.2) is 32.1 Å². The lowest BCUT2D eigenvalue weighted by atomic mass is 9.86. The number of aromatic nitrogens is 3. The van der Waals surface area contributed by atoms with Gasteiger partial charge >= 0.3 is 0 Å². The van der Waals surface area contributed by atoms with E-state index in [-0.39, 0.29) is 29.2 Å². The lowest BCUT2D eigenvalue weighted by molar-refractivity contribution is -0.121. The third kappa shape index (κ3) is 6.15. The van der Waals surface area contributed by atoms with E-state index in [4.69, 9.17) is 10.6 Å². The normalized spacial score (nSPS) is 20.3. The number of carbonyl (C=O) groups excluding carboxylic acids is 1. The van der Waals surface area contributed by atoms with Crippen molar-refractivity contribution in [2.24, 2.45) is 5.92 Å². The van der Waals surface area contributed by atoms with E-state index in [9.17, 15) is 4.79 Å². The standard InChI is InChI=1S/C23H35N5O2S/c1-15-8-6-7-9-19(15)25-21(29)16(2)31-22-27-26-20(28(22)24)14-30-18-12-10-17(11-13-18)23(3,4)5/h10-13,15-16,19H,6-9,14,24H2,1-5H3,(H,25,29). The van der Waals surface area contributed by atoms with Crippen molar-refractivity contribution in [2.75, 3.05) is 5.84 Å². The molecule has 1 saturated carbocycles. The van der Waals surface area contributed by atoms with Crippen LogP contribution in [0.15, 0.2) is 29.4 Å². The third-order valence-electron chi connectivity index (χ3n) is 5.91. The Bertz CT molecular complexity index is 875. The summed E-state index contributed by atoms with van der Waals surface area (Å²) in [6.45, 7) is 10.8. The van der Waals surface area contributed by atoms with Crippen molar-refractivity contribution in [1.29, 1.82) is 0 Å². The van der Waals surface area contributed by atoms with Crippen molar-refractivity contribution in [2.45, 2.75) is 88.8 Å². The van der Waals surface area contributed by atoms with E-state index in [1.54, 1.807) is 0 Å². The number of nitrogen functional groups attached to an aromatic ring is 1. The van der Waals surface area contributed by atoms with E-state index in [1.165, 1.54) is 41.3 Å². The van der Waals surface area contributed by atoms with E-state index in [1.807, 2.05) is 19.1 Å². The molecule has 1 aromatic heterocycles. The molecule has 2 aromatic rings. The average molecular weight is 446 g/mol. The summed E-state index contributed by atoms with van der Waals surface area (Å²) < 4.78 is 7.23. The number of carbonyl (C=O) groups is 1. The number of amides is 1. The average Bonchev–Trinajstić information content (AvgIpc) is 3.07. The predicted octanol–water partition coefficient (Wildman–Crippen LogP) is 4.04. The van der Waals surface area contributed by atoms with Gasteiger partial charge in [0.2, 0.25) is 11.1 Å². The van der Waals surface area contributed by atoms with Crippen molar-refractivity contribution in [1.82, 2.24) is 20.2 Å². The molecule has 0 bridgehead atoms. The molecule has 8 heteroatoms. The van der Waals surface area contributed by atoms with Gasteiger partial charge in [0.1, 0.15) is 12.4 Å². The van der Waals surface area contributed by atoms with Gasteiger partial charge in [-0.15, -0.1) is 10.2 Å². The Hall–Kier alpha value is -2.22. The number of thioether (sulfide) groups is 1. The predicted molar refractivity (Wildman–Crippen MR) is 125 cm³/mol. The maximum absolute atomic E-state index is 12.6. The first-order valence-electron chi connectivity index (χ1n) is 11.0. The first kappa shape index (κ1) is 23.4. The summed E-state index contributed by atoms with van der Waals surface area (Å²) in [5, 5.41) is 11.7. The first-order chi connectivity index (χ1) is 14.6. The van der Waals surface area contributed by atoms with Gasteiger partial charge in [0.05, 0.1) is 5.25 Å². The molecule has 1 heterocycles. The number of benzene rings is 1. The summed E-state index contributed by atoms with van der Waals surface area (Å²) in [5.41, 5.74) is 1.34. The molecule has 3 atom stereocenters. The van der Waals surface area contributed by atoms with Gasteiger partial charge in [-0.2, -0.15) is 0 Å². The lowest BCUT2D eigenvalue weighted by Crippen LogP contribution is -2.44. The summed E-state index contributed by atoms with van der Waals surface area (Å²) in [4.78, 5) is 12.6. The molecule has 7 nitrogen and oxygen atoms in total. The zero-order valence-electron chi connectivity index (χ0n) is 19.2. The van der Waals surface area contributed by atoms with E-state index in [2.05, 4.69) is 55.3 Å². The second-order valence-corrected chi connectivity index (χ2v) is 10.8. The van der Waals surface area contributed by atoms with Gasteiger partial charge in [0.15, 0.2) is 5.82 Å². The molecular weight excluding hydrogens is 410 g/mol. The highest BCUT2D eigenvalue weighted by molar-refractivity contribution is 8.00. The van der Waals surface area contributed by atoms with E-state index in [0.29, 0.717) is 16.9 Å². The summed E-state index contributed by atoms with van der Waals surface area (Å²) in [6.07, 6.45) is 4.65. The van der Waals surface area contributed by atoms with Crippen molar-refractivity contribution in [3.63, 3.8) is 0 Å². The number of hydrogen-bond donors (Lipinski definition) is 2. The minimum Gasteiger partial charge on any atom is -0.486 e. The zero-order valence-corrected chi connectivity index (χ0v) is 20.0. The molecule has 170 valence electrons. The Labute approximate surface area is 189 Å². The first-order valence-corrected chi connectivity index (χ1v) is 11.9. The molecule has 0 aliphatic heterocycles. The van der Waals surface area contributed by atoms with Crippen molar-refractivity contribution in [3.05, 3.63) is 35.7 Å². The van der Waals surface area contributed by atoms with Gasteiger partial charge in [0, 0.05) is 6.04 Å². The van der Waals surface area contributed by atoms with Crippen LogP contribution in [-0.2, 0) is 16.8 Å². The molecule has 1 aliphatic rings. The number of rotatable bonds is 7. The summed E-state index contributed by atoms with van der Waals surface area (Å²) in [6, 6.07) is 8.29. The minimum absolute atomic E-state index is 0.0171. The summed E-state index contributed by atoms with van der Waals surface area (Å²) >= 11 is 1.31. The second-order valence-electron chi connectivity index (χ2n) is 9.47. The topological polar surface area (TPSA) is 95.1 Å². The van der Waals surface area contributed by atoms with Gasteiger partial charge in [-0.1, -0.05) is 64.4 Å². The van der Waals surface area contributed by atoms with E-state index in [0.717, 1.165) is 12.2 Å². The van der Waals surface area contributed by atoms with Crippen molar-refractivity contribution < 1.29 is 9.53 Å². The molecule has 0 spiro atoms. The number of ether oxygens (including phenoxy) is 1. The number of nitrogens with one attached hydrogen (secondary N) is 1. The maximum atomic E-state index is 12.6. The Balaban J connectivity index is 1.54. The fraction of sp³-hybridized carbons (Fsp3) is 0.609. The lowest BCUT2D eigenvalue weighted by Gasteiger charge is -2.30. The van der Waals surface area contributed by atoms with E-state index >= 15 is 0 Å². The quantitative estimate of drug-likeness (QED) is 0.493. The summed E-state index contributed by atoms with van der Waals surface area (Å²) in [7, 11) is 0. The Morgan fingerprint density at radius 3 is 2.58 bits per heavy atom. The molecule has 1 amide bonds. The van der Waals surface area contributed by atoms with Gasteiger partial charge in [-0.05, 0) is 48.8 Å². The molecule has 3 rings (SSSR count). The van der Waals surface area contributed by atoms with Crippen LogP contribution in [0.3, 0.4) is 0 Å². The highest BCUT2D eigenvalue weighted by Gasteiger charge is 2.26. The maximum Gasteiger partial charge on any atom is 0.233 e. The van der Waals surface area contributed by atoms with Gasteiger partial charge in [-0.25, -0.2) is 4.68 Å². The van der Waals surface area contributed by atoms with Crippen LogP contribution in [0, 0.1) is 5.92 Å². The zero-order chi connectivity index (χ0) is 22.6. The van der Waals surface area contributed by atoms with Gasteiger partial charge < -0.3 is 15.9 Å². The highest BCUT2D eigenvalue weighted by Crippen LogP contribution is 2.27. The second kappa shape index (κ2) is 9.94. The monoisotopic (exact) mass is 445 g/mol. The molecule has 0 radical (unpaired) electrons. The number of nitrogens with two attached hydrogens (primary N) is 1. The van der Waals surface area contributed by atoms with Crippen LogP contribution >= 0.6 is 11.8 Å². The molecule has 1 aromatic carbocycles.